The Hall–Kier alpha value is -1.54. The van der Waals surface area contributed by atoms with Gasteiger partial charge in [-0.15, -0.1) is 0 Å². The molecule has 6 nitrogen and oxygen atoms in total. The Morgan fingerprint density at radius 2 is 2.04 bits per heavy atom. The minimum absolute atomic E-state index is 0.0214. The van der Waals surface area contributed by atoms with Crippen LogP contribution in [0.3, 0.4) is 0 Å². The van der Waals surface area contributed by atoms with Gasteiger partial charge in [-0.25, -0.2) is 13.4 Å². The summed E-state index contributed by atoms with van der Waals surface area (Å²) in [5, 5.41) is 0.472. The molecule has 1 aromatic carbocycles. The van der Waals surface area contributed by atoms with Crippen LogP contribution >= 0.6 is 11.8 Å². The second-order valence-corrected chi connectivity index (χ2v) is 9.48. The van der Waals surface area contributed by atoms with Gasteiger partial charge in [-0.05, 0) is 31.4 Å². The van der Waals surface area contributed by atoms with Crippen molar-refractivity contribution in [3.05, 3.63) is 24.3 Å². The summed E-state index contributed by atoms with van der Waals surface area (Å²) in [6.07, 6.45) is 2.49. The van der Waals surface area contributed by atoms with Gasteiger partial charge in [0.15, 0.2) is 15.4 Å². The van der Waals surface area contributed by atoms with Crippen molar-refractivity contribution < 1.29 is 17.6 Å². The van der Waals surface area contributed by atoms with Gasteiger partial charge in [0.2, 0.25) is 5.91 Å². The monoisotopic (exact) mass is 366 g/mol. The Balaban J connectivity index is 1.44. The van der Waals surface area contributed by atoms with Crippen LogP contribution in [-0.2, 0) is 14.6 Å². The summed E-state index contributed by atoms with van der Waals surface area (Å²) in [7, 11) is -3.00. The summed E-state index contributed by atoms with van der Waals surface area (Å²) in [4.78, 5) is 18.8. The van der Waals surface area contributed by atoms with Crippen molar-refractivity contribution in [2.24, 2.45) is 0 Å². The van der Waals surface area contributed by atoms with Crippen LogP contribution in [0, 0.1) is 0 Å². The maximum Gasteiger partial charge on any atom is 0.257 e. The van der Waals surface area contributed by atoms with Crippen LogP contribution in [0.5, 0.6) is 0 Å². The molecule has 0 N–H and O–H groups in total. The van der Waals surface area contributed by atoms with E-state index in [4.69, 9.17) is 4.42 Å². The molecule has 0 unspecified atom stereocenters. The molecule has 2 aromatic rings. The number of para-hydroxylation sites is 2. The average molecular weight is 366 g/mol. The number of aromatic nitrogens is 1. The minimum atomic E-state index is -3.00. The number of sulfone groups is 1. The third kappa shape index (κ3) is 3.30. The van der Waals surface area contributed by atoms with Crippen molar-refractivity contribution in [2.45, 2.75) is 36.6 Å². The molecule has 1 saturated carbocycles. The number of thioether (sulfide) groups is 1. The largest absolute Gasteiger partial charge is 0.431 e. The van der Waals surface area contributed by atoms with E-state index in [1.165, 1.54) is 11.8 Å². The van der Waals surface area contributed by atoms with E-state index in [9.17, 15) is 13.2 Å². The molecular weight excluding hydrogens is 348 g/mol. The second-order valence-electron chi connectivity index (χ2n) is 6.33. The first-order chi connectivity index (χ1) is 11.5. The van der Waals surface area contributed by atoms with Crippen LogP contribution in [0.4, 0.5) is 0 Å². The molecule has 1 aliphatic carbocycles. The average Bonchev–Trinajstić information content (AvgIpc) is 3.17. The van der Waals surface area contributed by atoms with Crippen molar-refractivity contribution in [1.29, 1.82) is 0 Å². The van der Waals surface area contributed by atoms with Gasteiger partial charge >= 0.3 is 0 Å². The molecule has 2 fully saturated rings. The molecule has 1 aromatic heterocycles. The van der Waals surface area contributed by atoms with Crippen LogP contribution in [-0.4, -0.2) is 53.6 Å². The van der Waals surface area contributed by atoms with Crippen molar-refractivity contribution >= 4 is 38.6 Å². The first-order valence-corrected chi connectivity index (χ1v) is 10.8. The molecule has 1 amide bonds. The summed E-state index contributed by atoms with van der Waals surface area (Å²) in [5.41, 5.74) is 1.47. The quantitative estimate of drug-likeness (QED) is 0.754. The topological polar surface area (TPSA) is 80.5 Å². The highest BCUT2D eigenvalue weighted by molar-refractivity contribution is 7.99. The molecule has 0 radical (unpaired) electrons. The van der Waals surface area contributed by atoms with Gasteiger partial charge in [-0.3, -0.25) is 4.79 Å². The summed E-state index contributed by atoms with van der Waals surface area (Å²) in [6, 6.07) is 7.51. The Morgan fingerprint density at radius 1 is 1.25 bits per heavy atom. The van der Waals surface area contributed by atoms with Gasteiger partial charge in [-0.1, -0.05) is 23.9 Å². The van der Waals surface area contributed by atoms with Crippen molar-refractivity contribution in [2.75, 3.05) is 17.3 Å². The summed E-state index contributed by atoms with van der Waals surface area (Å²) in [6.45, 7) is 0. The molecule has 2 aliphatic rings. The van der Waals surface area contributed by atoms with Gasteiger partial charge in [0.25, 0.3) is 5.22 Å². The number of hydrogen-bond acceptors (Lipinski definition) is 6. The molecule has 0 bridgehead atoms. The smallest absolute Gasteiger partial charge is 0.257 e. The second kappa shape index (κ2) is 6.07. The molecule has 4 rings (SSSR count). The number of benzene rings is 1. The number of hydrogen-bond donors (Lipinski definition) is 0. The molecule has 1 saturated heterocycles. The van der Waals surface area contributed by atoms with E-state index in [2.05, 4.69) is 4.98 Å². The number of nitrogens with zero attached hydrogens (tertiary/aromatic N) is 2. The zero-order valence-corrected chi connectivity index (χ0v) is 14.7. The summed E-state index contributed by atoms with van der Waals surface area (Å²) < 4.78 is 29.1. The molecule has 1 atom stereocenters. The van der Waals surface area contributed by atoms with Crippen LogP contribution < -0.4 is 0 Å². The molecule has 0 spiro atoms. The lowest BCUT2D eigenvalue weighted by Crippen LogP contribution is -2.43. The standard InChI is InChI=1S/C16H18N2O4S2/c19-15(9-23-16-17-13-3-1-2-4-14(13)22-16)18(11-5-6-11)12-7-8-24(20,21)10-12/h1-4,11-12H,5-10H2/t12-/m1/s1. The predicted molar refractivity (Wildman–Crippen MR) is 91.7 cm³/mol. The van der Waals surface area contributed by atoms with Gasteiger partial charge in [0, 0.05) is 12.1 Å². The molecule has 1 aliphatic heterocycles. The molecule has 24 heavy (non-hydrogen) atoms. The van der Waals surface area contributed by atoms with E-state index >= 15 is 0 Å². The zero-order chi connectivity index (χ0) is 16.7. The maximum absolute atomic E-state index is 12.7. The fourth-order valence-corrected chi connectivity index (χ4v) is 5.58. The lowest BCUT2D eigenvalue weighted by Gasteiger charge is -2.28. The molecular formula is C16H18N2O4S2. The van der Waals surface area contributed by atoms with Crippen LogP contribution in [0.1, 0.15) is 19.3 Å². The summed E-state index contributed by atoms with van der Waals surface area (Å²) >= 11 is 1.27. The maximum atomic E-state index is 12.7. The SMILES string of the molecule is O=C(CSc1nc2ccccc2o1)N(C1CC1)[C@@H]1CCS(=O)(=O)C1. The Labute approximate surface area is 144 Å². The Morgan fingerprint density at radius 3 is 2.71 bits per heavy atom. The number of carbonyl (C=O) groups excluding carboxylic acids is 1. The van der Waals surface area contributed by atoms with Gasteiger partial charge in [-0.2, -0.15) is 0 Å². The van der Waals surface area contributed by atoms with E-state index in [-0.39, 0.29) is 35.2 Å². The van der Waals surface area contributed by atoms with E-state index in [0.29, 0.717) is 17.2 Å². The first-order valence-electron chi connectivity index (χ1n) is 8.02. The van der Waals surface area contributed by atoms with Crippen LogP contribution in [0.2, 0.25) is 0 Å². The minimum Gasteiger partial charge on any atom is -0.431 e. The van der Waals surface area contributed by atoms with E-state index < -0.39 is 9.84 Å². The molecule has 8 heteroatoms. The highest BCUT2D eigenvalue weighted by Gasteiger charge is 2.41. The number of rotatable bonds is 5. The lowest BCUT2D eigenvalue weighted by molar-refractivity contribution is -0.130. The van der Waals surface area contributed by atoms with Gasteiger partial charge < -0.3 is 9.32 Å². The number of oxazole rings is 1. The highest BCUT2D eigenvalue weighted by atomic mass is 32.2. The van der Waals surface area contributed by atoms with E-state index in [1.54, 1.807) is 4.90 Å². The van der Waals surface area contributed by atoms with Crippen molar-refractivity contribution in [1.82, 2.24) is 9.88 Å². The predicted octanol–water partition coefficient (Wildman–Crippen LogP) is 2.10. The number of fused-ring (bicyclic) bond motifs is 1. The Kier molecular flexibility index (Phi) is 4.04. The van der Waals surface area contributed by atoms with Crippen molar-refractivity contribution in [3.63, 3.8) is 0 Å². The third-order valence-electron chi connectivity index (χ3n) is 4.42. The normalized spacial score (nSPS) is 22.8. The van der Waals surface area contributed by atoms with Crippen LogP contribution in [0.25, 0.3) is 11.1 Å². The summed E-state index contributed by atoms with van der Waals surface area (Å²) in [5.74, 6) is 0.488. The Bertz CT molecular complexity index is 840. The fourth-order valence-electron chi connectivity index (χ4n) is 3.16. The highest BCUT2D eigenvalue weighted by Crippen LogP contribution is 2.33. The van der Waals surface area contributed by atoms with Gasteiger partial charge in [0.05, 0.1) is 17.3 Å². The fraction of sp³-hybridized carbons (Fsp3) is 0.500. The number of amides is 1. The van der Waals surface area contributed by atoms with Gasteiger partial charge in [0.1, 0.15) is 5.52 Å². The van der Waals surface area contributed by atoms with E-state index in [0.717, 1.165) is 18.4 Å². The first kappa shape index (κ1) is 16.0. The molecule has 2 heterocycles. The van der Waals surface area contributed by atoms with E-state index in [1.807, 2.05) is 24.3 Å². The molecule has 128 valence electrons. The number of carbonyl (C=O) groups is 1. The van der Waals surface area contributed by atoms with Crippen LogP contribution in [0.15, 0.2) is 33.9 Å². The van der Waals surface area contributed by atoms with Crippen molar-refractivity contribution in [3.8, 4) is 0 Å². The third-order valence-corrected chi connectivity index (χ3v) is 6.99. The lowest BCUT2D eigenvalue weighted by atomic mass is 10.2. The zero-order valence-electron chi connectivity index (χ0n) is 13.1.